The standard InChI is InChI=1S/C30H31FO7S2/c1-16-6-7-21(14-22(16)15-24-12-13-25(40-24)20-8-10-23(31)11-9-20)26-27(35-17(2)32)28(36-18(3)33)29(37-19(4)34)30(38-26)39-5/h6-14,26-30H,15H2,1-5H3/t26-,27-,28?,29-,30+/m0/s1. The average molecular weight is 587 g/mol. The molecule has 0 amide bonds. The summed E-state index contributed by atoms with van der Waals surface area (Å²) in [6, 6.07) is 16.4. The van der Waals surface area contributed by atoms with Crippen LogP contribution in [0.4, 0.5) is 4.39 Å². The first-order chi connectivity index (χ1) is 19.0. The zero-order chi connectivity index (χ0) is 29.0. The highest BCUT2D eigenvalue weighted by atomic mass is 32.2. The molecule has 7 nitrogen and oxygen atoms in total. The van der Waals surface area contributed by atoms with E-state index in [1.54, 1.807) is 29.7 Å². The van der Waals surface area contributed by atoms with Crippen molar-refractivity contribution in [2.75, 3.05) is 6.26 Å². The molecule has 1 aliphatic heterocycles. The Bertz CT molecular complexity index is 1370. The molecule has 1 unspecified atom stereocenters. The molecule has 40 heavy (non-hydrogen) atoms. The van der Waals surface area contributed by atoms with Crippen LogP contribution in [0.15, 0.2) is 54.6 Å². The molecule has 0 N–H and O–H groups in total. The first-order valence-corrected chi connectivity index (χ1v) is 14.8. The lowest BCUT2D eigenvalue weighted by atomic mass is 9.91. The molecular weight excluding hydrogens is 555 g/mol. The van der Waals surface area contributed by atoms with E-state index >= 15 is 0 Å². The van der Waals surface area contributed by atoms with Gasteiger partial charge in [-0.25, -0.2) is 4.39 Å². The number of esters is 3. The summed E-state index contributed by atoms with van der Waals surface area (Å²) in [5.74, 6) is -2.03. The number of ether oxygens (including phenoxy) is 4. The maximum atomic E-state index is 13.4. The molecule has 1 fully saturated rings. The van der Waals surface area contributed by atoms with Gasteiger partial charge in [0.05, 0.1) is 0 Å². The summed E-state index contributed by atoms with van der Waals surface area (Å²) in [7, 11) is 0. The van der Waals surface area contributed by atoms with Crippen LogP contribution in [0, 0.1) is 12.7 Å². The zero-order valence-corrected chi connectivity index (χ0v) is 24.5. The van der Waals surface area contributed by atoms with Crippen molar-refractivity contribution in [3.8, 4) is 10.4 Å². The number of thioether (sulfide) groups is 1. The van der Waals surface area contributed by atoms with Crippen LogP contribution in [-0.2, 0) is 39.8 Å². The Balaban J connectivity index is 1.67. The summed E-state index contributed by atoms with van der Waals surface area (Å²) in [4.78, 5) is 38.3. The lowest BCUT2D eigenvalue weighted by Crippen LogP contribution is -2.57. The molecular formula is C30H31FO7S2. The van der Waals surface area contributed by atoms with Gasteiger partial charge in [0.2, 0.25) is 0 Å². The lowest BCUT2D eigenvalue weighted by Gasteiger charge is -2.44. The maximum absolute atomic E-state index is 13.4. The predicted octanol–water partition coefficient (Wildman–Crippen LogP) is 6.01. The van der Waals surface area contributed by atoms with Crippen molar-refractivity contribution in [1.82, 2.24) is 0 Å². The fourth-order valence-corrected chi connectivity index (χ4v) is 6.47. The van der Waals surface area contributed by atoms with Gasteiger partial charge >= 0.3 is 17.9 Å². The van der Waals surface area contributed by atoms with Gasteiger partial charge in [-0.15, -0.1) is 23.1 Å². The molecule has 1 aliphatic rings. The summed E-state index contributed by atoms with van der Waals surface area (Å²) in [5, 5.41) is 0. The fourth-order valence-electron chi connectivity index (χ4n) is 4.72. The van der Waals surface area contributed by atoms with E-state index in [1.807, 2.05) is 31.2 Å². The molecule has 5 atom stereocenters. The highest BCUT2D eigenvalue weighted by Crippen LogP contribution is 2.41. The van der Waals surface area contributed by atoms with Crippen molar-refractivity contribution in [3.63, 3.8) is 0 Å². The minimum Gasteiger partial charge on any atom is -0.455 e. The van der Waals surface area contributed by atoms with Crippen LogP contribution >= 0.6 is 23.1 Å². The summed E-state index contributed by atoms with van der Waals surface area (Å²) in [6.45, 7) is 5.79. The molecule has 1 aromatic heterocycles. The molecule has 4 rings (SSSR count). The Morgan fingerprint density at radius 1 is 0.875 bits per heavy atom. The molecule has 0 saturated carbocycles. The zero-order valence-electron chi connectivity index (χ0n) is 22.8. The largest absolute Gasteiger partial charge is 0.455 e. The van der Waals surface area contributed by atoms with Gasteiger partial charge in [-0.2, -0.15) is 0 Å². The molecule has 1 saturated heterocycles. The number of hydrogen-bond acceptors (Lipinski definition) is 9. The van der Waals surface area contributed by atoms with Crippen molar-refractivity contribution in [2.24, 2.45) is 0 Å². The van der Waals surface area contributed by atoms with Crippen molar-refractivity contribution in [2.45, 2.75) is 64.0 Å². The maximum Gasteiger partial charge on any atom is 0.303 e. The number of rotatable bonds is 8. The second-order valence-electron chi connectivity index (χ2n) is 9.52. The molecule has 0 bridgehead atoms. The number of halogens is 1. The fraction of sp³-hybridized carbons (Fsp3) is 0.367. The number of carbonyl (C=O) groups is 3. The van der Waals surface area contributed by atoms with Crippen LogP contribution < -0.4 is 0 Å². The van der Waals surface area contributed by atoms with Gasteiger partial charge in [0, 0.05) is 36.9 Å². The second kappa shape index (κ2) is 13.0. The second-order valence-corrected chi connectivity index (χ2v) is 11.6. The molecule has 0 aliphatic carbocycles. The first kappa shape index (κ1) is 29.8. The molecule has 10 heteroatoms. The van der Waals surface area contributed by atoms with Crippen LogP contribution in [0.1, 0.15) is 48.4 Å². The first-order valence-electron chi connectivity index (χ1n) is 12.7. The van der Waals surface area contributed by atoms with Gasteiger partial charge < -0.3 is 18.9 Å². The van der Waals surface area contributed by atoms with Crippen LogP contribution in [-0.4, -0.2) is 47.9 Å². The quantitative estimate of drug-likeness (QED) is 0.234. The third-order valence-electron chi connectivity index (χ3n) is 6.49. The smallest absolute Gasteiger partial charge is 0.303 e. The van der Waals surface area contributed by atoms with E-state index < -0.39 is 47.8 Å². The highest BCUT2D eigenvalue weighted by molar-refractivity contribution is 7.99. The van der Waals surface area contributed by atoms with Crippen LogP contribution in [0.2, 0.25) is 0 Å². The van der Waals surface area contributed by atoms with Crippen molar-refractivity contribution in [3.05, 3.63) is 82.0 Å². The van der Waals surface area contributed by atoms with E-state index in [9.17, 15) is 18.8 Å². The van der Waals surface area contributed by atoms with E-state index in [0.717, 1.165) is 32.0 Å². The molecule has 2 aromatic carbocycles. The van der Waals surface area contributed by atoms with Gasteiger partial charge in [0.25, 0.3) is 0 Å². The molecule has 2 heterocycles. The number of hydrogen-bond donors (Lipinski definition) is 0. The number of carbonyl (C=O) groups excluding carboxylic acids is 3. The van der Waals surface area contributed by atoms with E-state index in [1.165, 1.54) is 44.7 Å². The number of benzene rings is 2. The topological polar surface area (TPSA) is 88.1 Å². The van der Waals surface area contributed by atoms with E-state index in [-0.39, 0.29) is 5.82 Å². The Morgan fingerprint density at radius 2 is 1.50 bits per heavy atom. The summed E-state index contributed by atoms with van der Waals surface area (Å²) >= 11 is 2.94. The van der Waals surface area contributed by atoms with Crippen LogP contribution in [0.25, 0.3) is 10.4 Å². The van der Waals surface area contributed by atoms with Gasteiger partial charge in [-0.1, -0.05) is 30.3 Å². The molecule has 212 valence electrons. The number of aryl methyl sites for hydroxylation is 1. The van der Waals surface area contributed by atoms with E-state index in [2.05, 4.69) is 6.07 Å². The predicted molar refractivity (Wildman–Crippen MR) is 151 cm³/mol. The summed E-state index contributed by atoms with van der Waals surface area (Å²) in [5.41, 5.74) is 3.12. The average Bonchev–Trinajstić information content (AvgIpc) is 3.35. The normalized spacial score (nSPS) is 22.4. The summed E-state index contributed by atoms with van der Waals surface area (Å²) in [6.07, 6.45) is -1.43. The van der Waals surface area contributed by atoms with Gasteiger partial charge in [0.1, 0.15) is 17.4 Å². The minimum atomic E-state index is -1.07. The lowest BCUT2D eigenvalue weighted by molar-refractivity contribution is -0.233. The molecule has 0 spiro atoms. The third-order valence-corrected chi connectivity index (χ3v) is 8.47. The molecule has 0 radical (unpaired) electrons. The van der Waals surface area contributed by atoms with Crippen LogP contribution in [0.5, 0.6) is 0 Å². The van der Waals surface area contributed by atoms with Gasteiger partial charge in [-0.3, -0.25) is 14.4 Å². The van der Waals surface area contributed by atoms with Gasteiger partial charge in [-0.05, 0) is 59.7 Å². The Morgan fingerprint density at radius 3 is 2.12 bits per heavy atom. The van der Waals surface area contributed by atoms with Crippen molar-refractivity contribution >= 4 is 41.0 Å². The molecule has 3 aromatic rings. The Hall–Kier alpha value is -3.21. The Labute approximate surface area is 241 Å². The minimum absolute atomic E-state index is 0.274. The van der Waals surface area contributed by atoms with E-state index in [4.69, 9.17) is 18.9 Å². The number of thiophene rings is 1. The van der Waals surface area contributed by atoms with Gasteiger partial charge in [0.15, 0.2) is 18.3 Å². The SMILES string of the molecule is CS[C@H]1O[C@@H](c2ccc(C)c(Cc3ccc(-c4ccc(F)cc4)s3)c2)[C@H](OC(C)=O)C(OC(C)=O)[C@@H]1OC(C)=O. The Kier molecular flexibility index (Phi) is 9.65. The van der Waals surface area contributed by atoms with E-state index in [0.29, 0.717) is 6.42 Å². The third kappa shape index (κ3) is 7.10. The monoisotopic (exact) mass is 586 g/mol. The van der Waals surface area contributed by atoms with Crippen molar-refractivity contribution < 1.29 is 37.7 Å². The van der Waals surface area contributed by atoms with Crippen molar-refractivity contribution in [1.29, 1.82) is 0 Å². The summed E-state index contributed by atoms with van der Waals surface area (Å²) < 4.78 is 36.5. The highest BCUT2D eigenvalue weighted by Gasteiger charge is 2.52. The van der Waals surface area contributed by atoms with Crippen LogP contribution in [0.3, 0.4) is 0 Å².